The van der Waals surface area contributed by atoms with Gasteiger partial charge in [-0.2, -0.15) is 13.9 Å². The standard InChI is InChI=1S/C13H16F2N3P.C6H14/c1-17(2)10-6-4-9(5-7-10)11-8-18(3)16-12(11)13(14,15)19;1-3-5-6-4-2/h4-8H,19H2,1-3H3;3-6H2,1-2H3. The van der Waals surface area contributed by atoms with E-state index in [2.05, 4.69) is 18.9 Å². The third-order valence-corrected chi connectivity index (χ3v) is 4.07. The van der Waals surface area contributed by atoms with Crippen LogP contribution >= 0.6 is 9.24 Å². The van der Waals surface area contributed by atoms with Gasteiger partial charge in [0.1, 0.15) is 5.69 Å². The molecule has 0 fully saturated rings. The lowest BCUT2D eigenvalue weighted by Gasteiger charge is -2.13. The van der Waals surface area contributed by atoms with E-state index in [1.807, 2.05) is 43.3 Å². The molecule has 0 aliphatic rings. The summed E-state index contributed by atoms with van der Waals surface area (Å²) in [6.45, 7) is 4.46. The third kappa shape index (κ3) is 6.74. The van der Waals surface area contributed by atoms with Gasteiger partial charge in [-0.1, -0.05) is 60.9 Å². The van der Waals surface area contributed by atoms with Crippen molar-refractivity contribution in [2.24, 2.45) is 7.05 Å². The Kier molecular flexibility index (Phi) is 8.51. The minimum Gasteiger partial charge on any atom is -0.378 e. The summed E-state index contributed by atoms with van der Waals surface area (Å²) in [5.74, 6) is 0. The number of hydrogen-bond donors (Lipinski definition) is 0. The highest BCUT2D eigenvalue weighted by atomic mass is 31.0. The van der Waals surface area contributed by atoms with Crippen molar-refractivity contribution in [3.63, 3.8) is 0 Å². The van der Waals surface area contributed by atoms with Gasteiger partial charge in [0.15, 0.2) is 0 Å². The maximum atomic E-state index is 13.5. The average molecular weight is 369 g/mol. The first kappa shape index (κ1) is 21.6. The van der Waals surface area contributed by atoms with Crippen LogP contribution in [0.15, 0.2) is 30.5 Å². The van der Waals surface area contributed by atoms with Crippen molar-refractivity contribution in [1.29, 1.82) is 0 Å². The van der Waals surface area contributed by atoms with E-state index in [0.717, 1.165) is 11.3 Å². The van der Waals surface area contributed by atoms with Crippen LogP contribution in [0.5, 0.6) is 0 Å². The zero-order chi connectivity index (χ0) is 19.0. The molecular formula is C19H30F2N3P. The second kappa shape index (κ2) is 9.86. The molecule has 0 aliphatic heterocycles. The first-order chi connectivity index (χ1) is 11.7. The molecule has 3 nitrogen and oxygen atoms in total. The number of halogens is 2. The van der Waals surface area contributed by atoms with E-state index in [1.165, 1.54) is 39.6 Å². The lowest BCUT2D eigenvalue weighted by atomic mass is 10.1. The SMILES string of the molecule is CCCCCC.CN(C)c1ccc(-c2cn(C)nc2C(F)(F)P)cc1. The van der Waals surface area contributed by atoms with Gasteiger partial charge in [0.2, 0.25) is 0 Å². The maximum absolute atomic E-state index is 13.5. The van der Waals surface area contributed by atoms with E-state index in [0.29, 0.717) is 5.56 Å². The molecule has 0 amide bonds. The molecule has 0 spiro atoms. The average Bonchev–Trinajstić information content (AvgIpc) is 2.96. The van der Waals surface area contributed by atoms with Crippen molar-refractivity contribution in [1.82, 2.24) is 9.78 Å². The van der Waals surface area contributed by atoms with Crippen LogP contribution in [0, 0.1) is 0 Å². The van der Waals surface area contributed by atoms with Gasteiger partial charge in [-0.3, -0.25) is 4.68 Å². The predicted molar refractivity (Wildman–Crippen MR) is 106 cm³/mol. The van der Waals surface area contributed by atoms with Crippen molar-refractivity contribution in [2.45, 2.75) is 45.2 Å². The number of alkyl halides is 2. The van der Waals surface area contributed by atoms with Crippen LogP contribution in [0.1, 0.15) is 45.2 Å². The fraction of sp³-hybridized carbons (Fsp3) is 0.526. The van der Waals surface area contributed by atoms with Crippen LogP contribution in [-0.4, -0.2) is 23.9 Å². The minimum absolute atomic E-state index is 0.224. The summed E-state index contributed by atoms with van der Waals surface area (Å²) in [6.07, 6.45) is 7.15. The molecule has 0 radical (unpaired) electrons. The zero-order valence-corrected chi connectivity index (χ0v) is 17.0. The summed E-state index contributed by atoms with van der Waals surface area (Å²) in [4.78, 5) is 1.96. The number of nitrogens with zero attached hydrogens (tertiary/aromatic N) is 3. The number of hydrogen-bond acceptors (Lipinski definition) is 2. The Morgan fingerprint density at radius 2 is 1.60 bits per heavy atom. The van der Waals surface area contributed by atoms with Crippen molar-refractivity contribution in [3.05, 3.63) is 36.2 Å². The molecule has 2 rings (SSSR count). The molecule has 6 heteroatoms. The van der Waals surface area contributed by atoms with Crippen LogP contribution in [0.4, 0.5) is 14.5 Å². The molecule has 1 heterocycles. The molecule has 1 aromatic heterocycles. The van der Waals surface area contributed by atoms with Gasteiger partial charge in [-0.15, -0.1) is 0 Å². The fourth-order valence-corrected chi connectivity index (χ4v) is 2.60. The van der Waals surface area contributed by atoms with Crippen molar-refractivity contribution in [3.8, 4) is 11.1 Å². The Balaban J connectivity index is 0.000000450. The largest absolute Gasteiger partial charge is 0.378 e. The molecule has 25 heavy (non-hydrogen) atoms. The highest BCUT2D eigenvalue weighted by molar-refractivity contribution is 7.17. The Morgan fingerprint density at radius 1 is 1.08 bits per heavy atom. The molecule has 1 unspecified atom stereocenters. The molecule has 0 aliphatic carbocycles. The van der Waals surface area contributed by atoms with E-state index in [-0.39, 0.29) is 5.69 Å². The monoisotopic (exact) mass is 369 g/mol. The van der Waals surface area contributed by atoms with Crippen LogP contribution in [0.25, 0.3) is 11.1 Å². The summed E-state index contributed by atoms with van der Waals surface area (Å²) in [6, 6.07) is 7.44. The van der Waals surface area contributed by atoms with Crippen LogP contribution < -0.4 is 4.90 Å². The third-order valence-electron chi connectivity index (χ3n) is 3.80. The quantitative estimate of drug-likeness (QED) is 0.484. The van der Waals surface area contributed by atoms with Crippen molar-refractivity contribution >= 4 is 14.9 Å². The smallest absolute Gasteiger partial charge is 0.302 e. The molecular weight excluding hydrogens is 339 g/mol. The van der Waals surface area contributed by atoms with E-state index in [9.17, 15) is 8.78 Å². The number of aromatic nitrogens is 2. The number of unbranched alkanes of at least 4 members (excludes halogenated alkanes) is 3. The molecule has 1 aromatic carbocycles. The molecule has 2 aromatic rings. The Bertz CT molecular complexity index is 627. The van der Waals surface area contributed by atoms with Gasteiger partial charge in [0, 0.05) is 38.6 Å². The molecule has 1 atom stereocenters. The van der Waals surface area contributed by atoms with Gasteiger partial charge < -0.3 is 4.90 Å². The Hall–Kier alpha value is -1.48. The zero-order valence-electron chi connectivity index (χ0n) is 15.9. The Labute approximate surface area is 152 Å². The van der Waals surface area contributed by atoms with Gasteiger partial charge >= 0.3 is 5.66 Å². The first-order valence-electron chi connectivity index (χ1n) is 8.69. The summed E-state index contributed by atoms with van der Waals surface area (Å²) < 4.78 is 28.4. The second-order valence-corrected chi connectivity index (χ2v) is 7.06. The topological polar surface area (TPSA) is 21.1 Å². The number of aryl methyl sites for hydroxylation is 1. The van der Waals surface area contributed by atoms with E-state index in [4.69, 9.17) is 0 Å². The van der Waals surface area contributed by atoms with Crippen molar-refractivity contribution < 1.29 is 8.78 Å². The van der Waals surface area contributed by atoms with Gasteiger partial charge in [0.05, 0.1) is 0 Å². The molecule has 0 saturated heterocycles. The van der Waals surface area contributed by atoms with E-state index >= 15 is 0 Å². The highest BCUT2D eigenvalue weighted by Crippen LogP contribution is 2.39. The number of rotatable bonds is 6. The van der Waals surface area contributed by atoms with Gasteiger partial charge in [0.25, 0.3) is 0 Å². The minimum atomic E-state index is -3.03. The predicted octanol–water partition coefficient (Wildman–Crippen LogP) is 5.66. The fourth-order valence-electron chi connectivity index (χ4n) is 2.39. The highest BCUT2D eigenvalue weighted by Gasteiger charge is 2.31. The first-order valence-corrected chi connectivity index (χ1v) is 9.27. The normalized spacial score (nSPS) is 11.0. The van der Waals surface area contributed by atoms with Gasteiger partial charge in [-0.25, -0.2) is 0 Å². The van der Waals surface area contributed by atoms with E-state index in [1.54, 1.807) is 13.2 Å². The molecule has 0 saturated carbocycles. The molecule has 140 valence electrons. The number of benzene rings is 1. The number of anilines is 1. The lowest BCUT2D eigenvalue weighted by molar-refractivity contribution is 0.0985. The Morgan fingerprint density at radius 3 is 2.00 bits per heavy atom. The van der Waals surface area contributed by atoms with E-state index < -0.39 is 5.66 Å². The summed E-state index contributed by atoms with van der Waals surface area (Å²) >= 11 is 0. The van der Waals surface area contributed by atoms with Gasteiger partial charge in [-0.05, 0) is 17.7 Å². The van der Waals surface area contributed by atoms with Crippen LogP contribution in [0.2, 0.25) is 0 Å². The van der Waals surface area contributed by atoms with Crippen LogP contribution in [0.3, 0.4) is 0 Å². The summed E-state index contributed by atoms with van der Waals surface area (Å²) in [5.41, 5.74) is -1.05. The lowest BCUT2D eigenvalue weighted by Crippen LogP contribution is -2.08. The summed E-state index contributed by atoms with van der Waals surface area (Å²) in [7, 11) is 7.04. The molecule has 0 bridgehead atoms. The van der Waals surface area contributed by atoms with Crippen molar-refractivity contribution in [2.75, 3.05) is 19.0 Å². The molecule has 0 N–H and O–H groups in total. The van der Waals surface area contributed by atoms with Crippen LogP contribution in [-0.2, 0) is 12.7 Å². The second-order valence-electron chi connectivity index (χ2n) is 6.34. The summed E-state index contributed by atoms with van der Waals surface area (Å²) in [5, 5.41) is 3.85. The maximum Gasteiger partial charge on any atom is 0.302 e.